The molecule has 7 nitrogen and oxygen atoms in total. The molecule has 1 aliphatic rings. The standard InChI is InChI=1S/C20H16FN7/c1-20(10-22)6-4-16-17(13-5-7-23-19-14(13)9-25-26-19)18(27-28(16)11-20)15-3-2-12(21)8-24-15/h2-3,5,7-9H,4,6,11H2,1H3,(H,23,25,26)/t20-/m0/s1/i1D3. The zero-order chi connectivity index (χ0) is 21.8. The number of hydrogen-bond acceptors (Lipinski definition) is 5. The van der Waals surface area contributed by atoms with Crippen LogP contribution in [0.3, 0.4) is 0 Å². The van der Waals surface area contributed by atoms with E-state index in [0.717, 1.165) is 28.4 Å². The third kappa shape index (κ3) is 2.47. The fourth-order valence-corrected chi connectivity index (χ4v) is 3.69. The van der Waals surface area contributed by atoms with Crippen LogP contribution in [0.15, 0.2) is 36.8 Å². The molecule has 0 radical (unpaired) electrons. The van der Waals surface area contributed by atoms with Gasteiger partial charge in [-0.2, -0.15) is 15.5 Å². The molecule has 0 aromatic carbocycles. The van der Waals surface area contributed by atoms with Crippen molar-refractivity contribution in [3.8, 4) is 28.6 Å². The predicted molar refractivity (Wildman–Crippen MR) is 100 cm³/mol. The van der Waals surface area contributed by atoms with E-state index < -0.39 is 18.1 Å². The van der Waals surface area contributed by atoms with Gasteiger partial charge in [-0.25, -0.2) is 9.37 Å². The van der Waals surface area contributed by atoms with Gasteiger partial charge >= 0.3 is 0 Å². The van der Waals surface area contributed by atoms with E-state index in [1.165, 1.54) is 12.1 Å². The maximum atomic E-state index is 13.5. The normalized spacial score (nSPS) is 20.8. The van der Waals surface area contributed by atoms with Crippen LogP contribution in [0.1, 0.15) is 23.1 Å². The summed E-state index contributed by atoms with van der Waals surface area (Å²) < 4.78 is 38.8. The Hall–Kier alpha value is -3.60. The first-order valence-corrected chi connectivity index (χ1v) is 8.74. The Morgan fingerprint density at radius 3 is 3.04 bits per heavy atom. The number of nitrogens with zero attached hydrogens (tertiary/aromatic N) is 6. The molecule has 1 atom stereocenters. The number of H-pyrrole nitrogens is 1. The second-order valence-electron chi connectivity index (χ2n) is 6.87. The van der Waals surface area contributed by atoms with Crippen LogP contribution in [-0.4, -0.2) is 29.9 Å². The first-order valence-electron chi connectivity index (χ1n) is 10.2. The molecule has 0 aliphatic carbocycles. The van der Waals surface area contributed by atoms with E-state index in [-0.39, 0.29) is 13.0 Å². The predicted octanol–water partition coefficient (Wildman–Crippen LogP) is 3.50. The van der Waals surface area contributed by atoms with Crippen molar-refractivity contribution in [1.29, 1.82) is 5.26 Å². The lowest BCUT2D eigenvalue weighted by atomic mass is 9.82. The van der Waals surface area contributed by atoms with Crippen LogP contribution in [0.5, 0.6) is 0 Å². The van der Waals surface area contributed by atoms with E-state index in [4.69, 9.17) is 4.11 Å². The van der Waals surface area contributed by atoms with Crippen molar-refractivity contribution in [3.63, 3.8) is 0 Å². The largest absolute Gasteiger partial charge is 0.267 e. The average Bonchev–Trinajstić information content (AvgIpc) is 3.37. The van der Waals surface area contributed by atoms with Crippen LogP contribution < -0.4 is 0 Å². The summed E-state index contributed by atoms with van der Waals surface area (Å²) in [5.41, 5.74) is 2.36. The third-order valence-electron chi connectivity index (χ3n) is 5.07. The smallest absolute Gasteiger partial charge is 0.155 e. The third-order valence-corrected chi connectivity index (χ3v) is 5.07. The van der Waals surface area contributed by atoms with Crippen LogP contribution >= 0.6 is 0 Å². The zero-order valence-electron chi connectivity index (χ0n) is 17.6. The molecule has 0 bridgehead atoms. The van der Waals surface area contributed by atoms with Gasteiger partial charge in [-0.15, -0.1) is 0 Å². The van der Waals surface area contributed by atoms with Gasteiger partial charge in [0, 0.05) is 27.0 Å². The lowest BCUT2D eigenvalue weighted by molar-refractivity contribution is 0.286. The Morgan fingerprint density at radius 2 is 2.25 bits per heavy atom. The number of nitrogens with one attached hydrogen (secondary N) is 1. The van der Waals surface area contributed by atoms with Crippen LogP contribution in [0.25, 0.3) is 33.5 Å². The quantitative estimate of drug-likeness (QED) is 0.578. The number of nitriles is 1. The molecule has 1 aliphatic heterocycles. The molecule has 1 N–H and O–H groups in total. The topological polar surface area (TPSA) is 96.1 Å². The summed E-state index contributed by atoms with van der Waals surface area (Å²) in [5.74, 6) is -0.471. The molecule has 28 heavy (non-hydrogen) atoms. The molecule has 8 heteroatoms. The number of aromatic nitrogens is 6. The molecule has 5 rings (SSSR count). The minimum absolute atomic E-state index is 0.0663. The zero-order valence-corrected chi connectivity index (χ0v) is 14.6. The van der Waals surface area contributed by atoms with Gasteiger partial charge in [0.15, 0.2) is 5.65 Å². The van der Waals surface area contributed by atoms with Gasteiger partial charge in [-0.1, -0.05) is 0 Å². The summed E-state index contributed by atoms with van der Waals surface area (Å²) in [6.07, 6.45) is 4.94. The molecular formula is C20H16FN7. The molecule has 5 heterocycles. The highest BCUT2D eigenvalue weighted by atomic mass is 19.1. The number of fused-ring (bicyclic) bond motifs is 2. The fourth-order valence-electron chi connectivity index (χ4n) is 3.69. The Kier molecular flexibility index (Phi) is 2.88. The first kappa shape index (κ1) is 13.6. The van der Waals surface area contributed by atoms with E-state index in [0.29, 0.717) is 23.5 Å². The van der Waals surface area contributed by atoms with E-state index in [1.54, 1.807) is 17.1 Å². The Morgan fingerprint density at radius 1 is 1.32 bits per heavy atom. The number of halogens is 1. The molecule has 4 aromatic rings. The monoisotopic (exact) mass is 376 g/mol. The van der Waals surface area contributed by atoms with Gasteiger partial charge in [-0.05, 0) is 43.5 Å². The summed E-state index contributed by atoms with van der Waals surface area (Å²) in [5, 5.41) is 22.1. The van der Waals surface area contributed by atoms with E-state index in [2.05, 4.69) is 25.3 Å². The highest BCUT2D eigenvalue weighted by Crippen LogP contribution is 2.41. The van der Waals surface area contributed by atoms with Crippen molar-refractivity contribution in [3.05, 3.63) is 48.3 Å². The van der Waals surface area contributed by atoms with E-state index >= 15 is 0 Å². The average molecular weight is 376 g/mol. The second-order valence-corrected chi connectivity index (χ2v) is 6.87. The van der Waals surface area contributed by atoms with Crippen molar-refractivity contribution in [2.24, 2.45) is 5.41 Å². The van der Waals surface area contributed by atoms with Gasteiger partial charge in [0.2, 0.25) is 0 Å². The lowest BCUT2D eigenvalue weighted by Gasteiger charge is -2.28. The summed E-state index contributed by atoms with van der Waals surface area (Å²) in [7, 11) is 0. The van der Waals surface area contributed by atoms with Gasteiger partial charge in [-0.3, -0.25) is 14.8 Å². The first-order chi connectivity index (χ1) is 14.8. The van der Waals surface area contributed by atoms with Crippen LogP contribution in [-0.2, 0) is 13.0 Å². The minimum atomic E-state index is -2.45. The van der Waals surface area contributed by atoms with Gasteiger partial charge in [0.25, 0.3) is 0 Å². The summed E-state index contributed by atoms with van der Waals surface area (Å²) in [6.45, 7) is -2.52. The number of aromatic amines is 1. The molecule has 0 fully saturated rings. The lowest BCUT2D eigenvalue weighted by Crippen LogP contribution is -2.29. The van der Waals surface area contributed by atoms with Gasteiger partial charge in [0.1, 0.15) is 11.5 Å². The molecule has 0 unspecified atom stereocenters. The summed E-state index contributed by atoms with van der Waals surface area (Å²) in [6, 6.07) is 6.69. The highest BCUT2D eigenvalue weighted by molar-refractivity contribution is 5.97. The Bertz CT molecular complexity index is 1330. The number of rotatable bonds is 2. The maximum Gasteiger partial charge on any atom is 0.155 e. The molecule has 0 saturated carbocycles. The molecular weight excluding hydrogens is 357 g/mol. The van der Waals surface area contributed by atoms with Crippen LogP contribution in [0, 0.1) is 22.6 Å². The number of pyridine rings is 2. The molecule has 0 saturated heterocycles. The van der Waals surface area contributed by atoms with Crippen LogP contribution in [0.4, 0.5) is 4.39 Å². The SMILES string of the molecule is [2H]C([2H])([2H])[C@@]1(C#N)CCc2c(-c3ccnc4[nH]ncc34)c(-c3ccc(F)cn3)nn2C1. The van der Waals surface area contributed by atoms with Crippen molar-refractivity contribution in [2.45, 2.75) is 26.2 Å². The summed E-state index contributed by atoms with van der Waals surface area (Å²) >= 11 is 0. The van der Waals surface area contributed by atoms with E-state index in [9.17, 15) is 9.65 Å². The van der Waals surface area contributed by atoms with Crippen molar-refractivity contribution in [2.75, 3.05) is 0 Å². The van der Waals surface area contributed by atoms with Gasteiger partial charge in [0.05, 0.1) is 36.1 Å². The second kappa shape index (κ2) is 5.96. The molecule has 4 aromatic heterocycles. The molecule has 0 spiro atoms. The van der Waals surface area contributed by atoms with Crippen molar-refractivity contribution >= 4 is 11.0 Å². The van der Waals surface area contributed by atoms with Crippen molar-refractivity contribution in [1.82, 2.24) is 29.9 Å². The van der Waals surface area contributed by atoms with E-state index in [1.807, 2.05) is 12.1 Å². The highest BCUT2D eigenvalue weighted by Gasteiger charge is 2.34. The molecule has 0 amide bonds. The minimum Gasteiger partial charge on any atom is -0.267 e. The fraction of sp³-hybridized carbons (Fsp3) is 0.250. The summed E-state index contributed by atoms with van der Waals surface area (Å²) in [4.78, 5) is 8.46. The maximum absolute atomic E-state index is 13.5. The molecule has 138 valence electrons. The Balaban J connectivity index is 1.76. The van der Waals surface area contributed by atoms with Crippen molar-refractivity contribution < 1.29 is 8.50 Å². The van der Waals surface area contributed by atoms with Crippen LogP contribution in [0.2, 0.25) is 0 Å². The Labute approximate surface area is 164 Å². The number of hydrogen-bond donors (Lipinski definition) is 1. The van der Waals surface area contributed by atoms with Gasteiger partial charge < -0.3 is 0 Å².